The fourth-order valence-electron chi connectivity index (χ4n) is 4.45. The molecule has 0 amide bonds. The van der Waals surface area contributed by atoms with Crippen LogP contribution in [0.3, 0.4) is 0 Å². The van der Waals surface area contributed by atoms with Gasteiger partial charge in [-0.1, -0.05) is 65.7 Å². The van der Waals surface area contributed by atoms with Crippen LogP contribution in [0.25, 0.3) is 5.70 Å². The Labute approximate surface area is 185 Å². The molecule has 0 bridgehead atoms. The van der Waals surface area contributed by atoms with Gasteiger partial charge in [0.1, 0.15) is 24.2 Å². The number of nitrogens with one attached hydrogen (secondary N) is 1. The molecule has 0 unspecified atom stereocenters. The van der Waals surface area contributed by atoms with Gasteiger partial charge >= 0.3 is 0 Å². The van der Waals surface area contributed by atoms with Gasteiger partial charge in [-0.2, -0.15) is 10.1 Å². The van der Waals surface area contributed by atoms with Gasteiger partial charge in [-0.3, -0.25) is 0 Å². The molecule has 31 heavy (non-hydrogen) atoms. The standard InChI is InChI=1S/C25H19ClN4O/c1-15-7-12-20-19(13-15)22-21(24(31-20)17-8-10-18(26)11-9-17)23(16-5-3-2-4-6-16)30-25(29-22)27-14-28-30/h2-14,23-24H,1H3,(H,27,28,29)/t23-,24-/m0/s1. The molecule has 2 atom stereocenters. The van der Waals surface area contributed by atoms with E-state index in [1.165, 1.54) is 5.56 Å². The van der Waals surface area contributed by atoms with Gasteiger partial charge in [-0.25, -0.2) is 4.68 Å². The molecule has 1 aromatic heterocycles. The summed E-state index contributed by atoms with van der Waals surface area (Å²) in [6.45, 7) is 2.09. The first kappa shape index (κ1) is 18.2. The van der Waals surface area contributed by atoms with E-state index in [-0.39, 0.29) is 12.1 Å². The van der Waals surface area contributed by atoms with Crippen LogP contribution in [0, 0.1) is 6.92 Å². The fraction of sp³-hybridized carbons (Fsp3) is 0.120. The van der Waals surface area contributed by atoms with Crippen molar-refractivity contribution < 1.29 is 4.74 Å². The Bertz CT molecular complexity index is 1310. The number of hydrogen-bond acceptors (Lipinski definition) is 4. The molecule has 6 rings (SSSR count). The normalized spacial score (nSPS) is 19.0. The summed E-state index contributed by atoms with van der Waals surface area (Å²) in [7, 11) is 0. The molecule has 3 heterocycles. The Kier molecular flexibility index (Phi) is 4.11. The minimum Gasteiger partial charge on any atom is -0.480 e. The molecule has 3 aromatic carbocycles. The number of anilines is 1. The Balaban J connectivity index is 1.64. The minimum absolute atomic E-state index is 0.149. The quantitative estimate of drug-likeness (QED) is 0.440. The maximum Gasteiger partial charge on any atom is 0.226 e. The van der Waals surface area contributed by atoms with E-state index in [2.05, 4.69) is 46.6 Å². The Morgan fingerprint density at radius 1 is 0.968 bits per heavy atom. The number of aryl methyl sites for hydroxylation is 1. The molecule has 0 radical (unpaired) electrons. The molecule has 0 saturated carbocycles. The highest BCUT2D eigenvalue weighted by atomic mass is 35.5. The molecule has 1 N–H and O–H groups in total. The lowest BCUT2D eigenvalue weighted by Crippen LogP contribution is -2.32. The van der Waals surface area contributed by atoms with Crippen molar-refractivity contribution in [3.8, 4) is 5.75 Å². The average molecular weight is 427 g/mol. The van der Waals surface area contributed by atoms with Crippen molar-refractivity contribution in [2.75, 3.05) is 5.32 Å². The predicted molar refractivity (Wildman–Crippen MR) is 121 cm³/mol. The predicted octanol–water partition coefficient (Wildman–Crippen LogP) is 5.80. The monoisotopic (exact) mass is 426 g/mol. The zero-order chi connectivity index (χ0) is 20.9. The number of ether oxygens (including phenoxy) is 1. The van der Waals surface area contributed by atoms with Gasteiger partial charge < -0.3 is 10.1 Å². The van der Waals surface area contributed by atoms with E-state index in [1.807, 2.05) is 53.2 Å². The topological polar surface area (TPSA) is 52.0 Å². The molecule has 6 heteroatoms. The number of benzene rings is 3. The van der Waals surface area contributed by atoms with Crippen LogP contribution in [0.4, 0.5) is 5.95 Å². The lowest BCUT2D eigenvalue weighted by molar-refractivity contribution is 0.223. The molecule has 5 nitrogen and oxygen atoms in total. The third-order valence-corrected chi connectivity index (χ3v) is 6.11. The van der Waals surface area contributed by atoms with Crippen LogP contribution in [0.1, 0.15) is 34.4 Å². The first-order valence-corrected chi connectivity index (χ1v) is 10.6. The van der Waals surface area contributed by atoms with E-state index < -0.39 is 0 Å². The largest absolute Gasteiger partial charge is 0.480 e. The summed E-state index contributed by atoms with van der Waals surface area (Å²) in [5.41, 5.74) is 6.50. The summed E-state index contributed by atoms with van der Waals surface area (Å²) >= 11 is 6.18. The third-order valence-electron chi connectivity index (χ3n) is 5.86. The van der Waals surface area contributed by atoms with Crippen LogP contribution in [0.15, 0.2) is 84.7 Å². The van der Waals surface area contributed by atoms with Gasteiger partial charge in [0.25, 0.3) is 0 Å². The zero-order valence-corrected chi connectivity index (χ0v) is 17.5. The van der Waals surface area contributed by atoms with Crippen LogP contribution in [-0.2, 0) is 0 Å². The van der Waals surface area contributed by atoms with Crippen molar-refractivity contribution in [1.29, 1.82) is 0 Å². The van der Waals surface area contributed by atoms with E-state index in [4.69, 9.17) is 16.3 Å². The second kappa shape index (κ2) is 7.00. The summed E-state index contributed by atoms with van der Waals surface area (Å²) < 4.78 is 8.55. The van der Waals surface area contributed by atoms with Crippen LogP contribution in [0.5, 0.6) is 5.75 Å². The summed E-state index contributed by atoms with van der Waals surface area (Å²) in [6.07, 6.45) is 1.30. The Morgan fingerprint density at radius 2 is 1.77 bits per heavy atom. The molecule has 4 aromatic rings. The molecular weight excluding hydrogens is 408 g/mol. The highest BCUT2D eigenvalue weighted by Gasteiger charge is 2.40. The van der Waals surface area contributed by atoms with E-state index in [1.54, 1.807) is 6.33 Å². The van der Waals surface area contributed by atoms with E-state index in [0.29, 0.717) is 5.02 Å². The Morgan fingerprint density at radius 3 is 2.58 bits per heavy atom. The van der Waals surface area contributed by atoms with Crippen molar-refractivity contribution in [3.05, 3.63) is 112 Å². The minimum atomic E-state index is -0.294. The number of aromatic nitrogens is 3. The number of fused-ring (bicyclic) bond motifs is 3. The fourth-order valence-corrected chi connectivity index (χ4v) is 4.58. The van der Waals surface area contributed by atoms with Crippen molar-refractivity contribution in [1.82, 2.24) is 14.8 Å². The molecule has 0 spiro atoms. The molecule has 0 saturated heterocycles. The van der Waals surface area contributed by atoms with Crippen molar-refractivity contribution in [2.45, 2.75) is 19.1 Å². The smallest absolute Gasteiger partial charge is 0.226 e. The molecule has 152 valence electrons. The van der Waals surface area contributed by atoms with Crippen LogP contribution >= 0.6 is 11.6 Å². The highest BCUT2D eigenvalue weighted by Crippen LogP contribution is 2.50. The van der Waals surface area contributed by atoms with E-state index >= 15 is 0 Å². The lowest BCUT2D eigenvalue weighted by atomic mass is 9.84. The van der Waals surface area contributed by atoms with Gasteiger partial charge in [0.15, 0.2) is 0 Å². The second-order valence-electron chi connectivity index (χ2n) is 7.85. The first-order valence-electron chi connectivity index (χ1n) is 10.2. The van der Waals surface area contributed by atoms with Gasteiger partial charge in [0.2, 0.25) is 5.95 Å². The number of halogens is 1. The van der Waals surface area contributed by atoms with Gasteiger partial charge in [0.05, 0.1) is 5.70 Å². The number of rotatable bonds is 2. The van der Waals surface area contributed by atoms with Gasteiger partial charge in [0, 0.05) is 16.2 Å². The summed E-state index contributed by atoms with van der Waals surface area (Å²) in [5, 5.41) is 8.79. The van der Waals surface area contributed by atoms with Crippen molar-refractivity contribution in [3.63, 3.8) is 0 Å². The van der Waals surface area contributed by atoms with Gasteiger partial charge in [-0.05, 0) is 42.3 Å². The molecule has 2 aliphatic rings. The number of nitrogens with zero attached hydrogens (tertiary/aromatic N) is 3. The van der Waals surface area contributed by atoms with Crippen molar-refractivity contribution >= 4 is 23.2 Å². The van der Waals surface area contributed by atoms with E-state index in [0.717, 1.165) is 39.7 Å². The van der Waals surface area contributed by atoms with E-state index in [9.17, 15) is 0 Å². The average Bonchev–Trinajstić information content (AvgIpc) is 3.27. The summed E-state index contributed by atoms with van der Waals surface area (Å²) in [6, 6.07) is 24.3. The highest BCUT2D eigenvalue weighted by molar-refractivity contribution is 6.30. The van der Waals surface area contributed by atoms with Crippen LogP contribution < -0.4 is 10.1 Å². The second-order valence-corrected chi connectivity index (χ2v) is 8.28. The molecule has 2 aliphatic heterocycles. The van der Waals surface area contributed by atoms with Crippen LogP contribution in [-0.4, -0.2) is 14.8 Å². The van der Waals surface area contributed by atoms with Crippen LogP contribution in [0.2, 0.25) is 5.02 Å². The van der Waals surface area contributed by atoms with Gasteiger partial charge in [-0.15, -0.1) is 0 Å². The maximum atomic E-state index is 6.62. The lowest BCUT2D eigenvalue weighted by Gasteiger charge is -2.39. The maximum absolute atomic E-state index is 6.62. The summed E-state index contributed by atoms with van der Waals surface area (Å²) in [4.78, 5) is 4.48. The first-order chi connectivity index (χ1) is 15.2. The summed E-state index contributed by atoms with van der Waals surface area (Å²) in [5.74, 6) is 1.56. The molecule has 0 fully saturated rings. The SMILES string of the molecule is Cc1ccc2c(c1)C1=C([C@H](c3ccc(Cl)cc3)O2)[C@H](c2ccccc2)n2ncnc2N1. The molecular formula is C25H19ClN4O. The molecule has 0 aliphatic carbocycles. The Hall–Kier alpha value is -3.57. The zero-order valence-electron chi connectivity index (χ0n) is 16.8. The number of hydrogen-bond donors (Lipinski definition) is 1. The van der Waals surface area contributed by atoms with Crippen molar-refractivity contribution in [2.24, 2.45) is 0 Å². The third kappa shape index (κ3) is 2.93.